The SMILES string of the molecule is COc1ccc(OC)c(-c2cc(CC#N)c(=O)[nH]n2)c1. The lowest BCUT2D eigenvalue weighted by molar-refractivity contribution is 0.404. The molecule has 0 bridgehead atoms. The molecule has 0 aliphatic rings. The minimum atomic E-state index is -0.364. The van der Waals surface area contributed by atoms with Crippen LogP contribution in [0.25, 0.3) is 11.3 Å². The van der Waals surface area contributed by atoms with Crippen molar-refractivity contribution in [1.29, 1.82) is 5.26 Å². The standard InChI is InChI=1S/C14H13N3O3/c1-19-10-3-4-13(20-2)11(8-10)12-7-9(5-6-15)14(18)17-16-12/h3-4,7-8H,5H2,1-2H3,(H,17,18). The first-order valence-electron chi connectivity index (χ1n) is 5.87. The van der Waals surface area contributed by atoms with Gasteiger partial charge < -0.3 is 9.47 Å². The van der Waals surface area contributed by atoms with Gasteiger partial charge in [-0.05, 0) is 24.3 Å². The van der Waals surface area contributed by atoms with Crippen molar-refractivity contribution >= 4 is 0 Å². The zero-order chi connectivity index (χ0) is 14.5. The minimum Gasteiger partial charge on any atom is -0.497 e. The van der Waals surface area contributed by atoms with Gasteiger partial charge in [0.15, 0.2) is 0 Å². The quantitative estimate of drug-likeness (QED) is 0.910. The van der Waals surface area contributed by atoms with Gasteiger partial charge in [0.1, 0.15) is 11.5 Å². The third kappa shape index (κ3) is 2.62. The molecule has 2 rings (SSSR count). The number of nitrogens with one attached hydrogen (secondary N) is 1. The van der Waals surface area contributed by atoms with E-state index in [9.17, 15) is 4.79 Å². The van der Waals surface area contributed by atoms with Crippen molar-refractivity contribution < 1.29 is 9.47 Å². The van der Waals surface area contributed by atoms with Crippen molar-refractivity contribution in [1.82, 2.24) is 10.2 Å². The maximum Gasteiger partial charge on any atom is 0.268 e. The van der Waals surface area contributed by atoms with E-state index in [0.717, 1.165) is 0 Å². The summed E-state index contributed by atoms with van der Waals surface area (Å²) in [6, 6.07) is 8.82. The molecule has 0 radical (unpaired) electrons. The van der Waals surface area contributed by atoms with Crippen LogP contribution in [-0.4, -0.2) is 24.4 Å². The Morgan fingerprint density at radius 2 is 2.10 bits per heavy atom. The normalized spacial score (nSPS) is 9.85. The van der Waals surface area contributed by atoms with Gasteiger partial charge in [0, 0.05) is 11.1 Å². The smallest absolute Gasteiger partial charge is 0.268 e. The summed E-state index contributed by atoms with van der Waals surface area (Å²) in [5.74, 6) is 1.25. The molecule has 0 aliphatic carbocycles. The molecule has 0 unspecified atom stereocenters. The monoisotopic (exact) mass is 271 g/mol. The molecule has 0 aliphatic heterocycles. The average Bonchev–Trinajstić information content (AvgIpc) is 2.49. The summed E-state index contributed by atoms with van der Waals surface area (Å²) >= 11 is 0. The number of benzene rings is 1. The van der Waals surface area contributed by atoms with E-state index in [2.05, 4.69) is 10.2 Å². The predicted molar refractivity (Wildman–Crippen MR) is 72.7 cm³/mol. The Morgan fingerprint density at radius 1 is 1.30 bits per heavy atom. The maximum atomic E-state index is 11.5. The fourth-order valence-electron chi connectivity index (χ4n) is 1.81. The molecule has 6 heteroatoms. The molecule has 0 saturated carbocycles. The van der Waals surface area contributed by atoms with Gasteiger partial charge in [-0.1, -0.05) is 0 Å². The molecule has 2 aromatic rings. The Balaban J connectivity index is 2.58. The van der Waals surface area contributed by atoms with Crippen LogP contribution >= 0.6 is 0 Å². The fourth-order valence-corrected chi connectivity index (χ4v) is 1.81. The second-order valence-electron chi connectivity index (χ2n) is 4.01. The van der Waals surface area contributed by atoms with Crippen molar-refractivity contribution in [2.75, 3.05) is 14.2 Å². The largest absolute Gasteiger partial charge is 0.497 e. The molecule has 20 heavy (non-hydrogen) atoms. The van der Waals surface area contributed by atoms with Crippen LogP contribution in [0.3, 0.4) is 0 Å². The molecule has 1 N–H and O–H groups in total. The van der Waals surface area contributed by atoms with Crippen LogP contribution in [0.2, 0.25) is 0 Å². The van der Waals surface area contributed by atoms with Crippen molar-refractivity contribution in [3.63, 3.8) is 0 Å². The Labute approximate surface area is 115 Å². The van der Waals surface area contributed by atoms with Gasteiger partial charge in [-0.15, -0.1) is 0 Å². The Morgan fingerprint density at radius 3 is 2.75 bits per heavy atom. The molecule has 0 spiro atoms. The van der Waals surface area contributed by atoms with Crippen molar-refractivity contribution in [3.8, 4) is 28.8 Å². The van der Waals surface area contributed by atoms with Crippen LogP contribution in [-0.2, 0) is 6.42 Å². The predicted octanol–water partition coefficient (Wildman–Crippen LogP) is 1.52. The van der Waals surface area contributed by atoms with Crippen molar-refractivity contribution in [3.05, 3.63) is 40.2 Å². The molecule has 1 aromatic heterocycles. The van der Waals surface area contributed by atoms with E-state index in [0.29, 0.717) is 28.3 Å². The van der Waals surface area contributed by atoms with Crippen LogP contribution in [0.1, 0.15) is 5.56 Å². The van der Waals surface area contributed by atoms with Gasteiger partial charge in [0.25, 0.3) is 5.56 Å². The fraction of sp³-hybridized carbons (Fsp3) is 0.214. The molecule has 0 atom stereocenters. The summed E-state index contributed by atoms with van der Waals surface area (Å²) in [7, 11) is 3.11. The van der Waals surface area contributed by atoms with E-state index in [1.165, 1.54) is 0 Å². The number of rotatable bonds is 4. The number of aromatic amines is 1. The van der Waals surface area contributed by atoms with Gasteiger partial charge in [-0.3, -0.25) is 4.79 Å². The highest BCUT2D eigenvalue weighted by atomic mass is 16.5. The first-order chi connectivity index (χ1) is 9.69. The van der Waals surface area contributed by atoms with E-state index in [4.69, 9.17) is 14.7 Å². The van der Waals surface area contributed by atoms with Crippen LogP contribution in [0.4, 0.5) is 0 Å². The zero-order valence-electron chi connectivity index (χ0n) is 11.1. The lowest BCUT2D eigenvalue weighted by Crippen LogP contribution is -2.14. The first-order valence-corrected chi connectivity index (χ1v) is 5.87. The van der Waals surface area contributed by atoms with Gasteiger partial charge in [0.05, 0.1) is 32.4 Å². The highest BCUT2D eigenvalue weighted by molar-refractivity contribution is 5.69. The summed E-state index contributed by atoms with van der Waals surface area (Å²) in [6.45, 7) is 0. The van der Waals surface area contributed by atoms with Gasteiger partial charge in [-0.25, -0.2) is 5.10 Å². The number of hydrogen-bond donors (Lipinski definition) is 1. The summed E-state index contributed by atoms with van der Waals surface area (Å²) in [6.07, 6.45) is 0.0249. The second-order valence-corrected chi connectivity index (χ2v) is 4.01. The number of H-pyrrole nitrogens is 1. The average molecular weight is 271 g/mol. The van der Waals surface area contributed by atoms with Gasteiger partial charge >= 0.3 is 0 Å². The zero-order valence-corrected chi connectivity index (χ0v) is 11.1. The van der Waals surface area contributed by atoms with Crippen molar-refractivity contribution in [2.45, 2.75) is 6.42 Å². The Kier molecular flexibility index (Phi) is 4.01. The highest BCUT2D eigenvalue weighted by Gasteiger charge is 2.11. The van der Waals surface area contributed by atoms with Crippen LogP contribution in [0.5, 0.6) is 11.5 Å². The molecule has 1 aromatic carbocycles. The molecule has 0 fully saturated rings. The van der Waals surface area contributed by atoms with Gasteiger partial charge in [0.2, 0.25) is 0 Å². The summed E-state index contributed by atoms with van der Waals surface area (Å²) < 4.78 is 10.4. The molecular weight excluding hydrogens is 258 g/mol. The number of nitriles is 1. The van der Waals surface area contributed by atoms with E-state index < -0.39 is 0 Å². The maximum absolute atomic E-state index is 11.5. The number of aromatic nitrogens is 2. The minimum absolute atomic E-state index is 0.0249. The van der Waals surface area contributed by atoms with E-state index in [-0.39, 0.29) is 12.0 Å². The van der Waals surface area contributed by atoms with Crippen LogP contribution < -0.4 is 15.0 Å². The van der Waals surface area contributed by atoms with E-state index in [1.54, 1.807) is 38.5 Å². The lowest BCUT2D eigenvalue weighted by Gasteiger charge is -2.10. The molecular formula is C14H13N3O3. The van der Waals surface area contributed by atoms with E-state index in [1.807, 2.05) is 6.07 Å². The third-order valence-electron chi connectivity index (χ3n) is 2.83. The molecule has 1 heterocycles. The topological polar surface area (TPSA) is 88.0 Å². The Hall–Kier alpha value is -2.81. The highest BCUT2D eigenvalue weighted by Crippen LogP contribution is 2.31. The van der Waals surface area contributed by atoms with Gasteiger partial charge in [-0.2, -0.15) is 10.4 Å². The number of hydrogen-bond acceptors (Lipinski definition) is 5. The van der Waals surface area contributed by atoms with Crippen LogP contribution in [0.15, 0.2) is 29.1 Å². The summed E-state index contributed by atoms with van der Waals surface area (Å²) in [5, 5.41) is 15.1. The van der Waals surface area contributed by atoms with Crippen LogP contribution in [0, 0.1) is 11.3 Å². The number of ether oxygens (including phenoxy) is 2. The molecule has 0 saturated heterocycles. The van der Waals surface area contributed by atoms with Crippen molar-refractivity contribution in [2.24, 2.45) is 0 Å². The number of methoxy groups -OCH3 is 2. The Bertz CT molecular complexity index is 716. The summed E-state index contributed by atoms with van der Waals surface area (Å²) in [4.78, 5) is 11.5. The second kappa shape index (κ2) is 5.89. The third-order valence-corrected chi connectivity index (χ3v) is 2.83. The summed E-state index contributed by atoms with van der Waals surface area (Å²) in [5.41, 5.74) is 1.20. The molecule has 0 amide bonds. The molecule has 6 nitrogen and oxygen atoms in total. The lowest BCUT2D eigenvalue weighted by atomic mass is 10.1. The molecule has 102 valence electrons. The number of nitrogens with zero attached hydrogens (tertiary/aromatic N) is 2. The van der Waals surface area contributed by atoms with E-state index >= 15 is 0 Å². The first kappa shape index (κ1) is 13.6.